The van der Waals surface area contributed by atoms with Crippen molar-refractivity contribution >= 4 is 34.1 Å². The Morgan fingerprint density at radius 3 is 2.76 bits per heavy atom. The predicted molar refractivity (Wildman–Crippen MR) is 143 cm³/mol. The summed E-state index contributed by atoms with van der Waals surface area (Å²) in [5, 5.41) is 14.8. The lowest BCUT2D eigenvalue weighted by molar-refractivity contribution is 0.0378. The largest absolute Gasteiger partial charge is 0.421 e. The van der Waals surface area contributed by atoms with Gasteiger partial charge in [0.15, 0.2) is 17.4 Å². The predicted octanol–water partition coefficient (Wildman–Crippen LogP) is 4.62. The van der Waals surface area contributed by atoms with Gasteiger partial charge in [-0.15, -0.1) is 5.10 Å². The maximum absolute atomic E-state index is 15.2. The first-order valence-corrected chi connectivity index (χ1v) is 12.6. The Labute approximate surface area is 218 Å². The molecule has 200 valence electrons. The number of rotatable bonds is 9. The normalized spacial score (nSPS) is 16.2. The number of amidine groups is 1. The number of nitrogens with one attached hydrogen (secondary N) is 3. The van der Waals surface area contributed by atoms with Crippen LogP contribution >= 0.6 is 0 Å². The van der Waals surface area contributed by atoms with Gasteiger partial charge in [0, 0.05) is 42.8 Å². The number of halogens is 2. The summed E-state index contributed by atoms with van der Waals surface area (Å²) in [4.78, 5) is 13.9. The minimum absolute atomic E-state index is 0.0856. The number of benzene rings is 1. The van der Waals surface area contributed by atoms with Gasteiger partial charge in [0.05, 0.1) is 30.9 Å². The van der Waals surface area contributed by atoms with E-state index in [1.165, 1.54) is 6.07 Å². The van der Waals surface area contributed by atoms with Gasteiger partial charge in [-0.2, -0.15) is 15.1 Å². The Balaban J connectivity index is 1.34. The van der Waals surface area contributed by atoms with Crippen LogP contribution in [0.2, 0.25) is 0 Å². The van der Waals surface area contributed by atoms with Gasteiger partial charge < -0.3 is 25.1 Å². The van der Waals surface area contributed by atoms with Crippen LogP contribution in [-0.2, 0) is 4.74 Å². The molecule has 3 aromatic rings. The van der Waals surface area contributed by atoms with Crippen molar-refractivity contribution in [2.45, 2.75) is 26.7 Å². The summed E-state index contributed by atoms with van der Waals surface area (Å²) >= 11 is 0. The zero-order valence-electron chi connectivity index (χ0n) is 21.4. The number of aryl methyl sites for hydroxylation is 1. The Kier molecular flexibility index (Phi) is 7.89. The number of allylic oxidation sites excluding steroid dienone is 2. The van der Waals surface area contributed by atoms with Crippen LogP contribution < -0.4 is 15.4 Å². The monoisotopic (exact) mass is 524 g/mol. The molecule has 4 heterocycles. The molecule has 0 unspecified atom stereocenters. The minimum Gasteiger partial charge on any atom is -0.421 e. The molecule has 10 nitrogen and oxygen atoms in total. The van der Waals surface area contributed by atoms with Crippen LogP contribution in [-0.4, -0.2) is 70.8 Å². The molecule has 2 aliphatic rings. The van der Waals surface area contributed by atoms with Gasteiger partial charge in [-0.25, -0.2) is 8.78 Å². The Morgan fingerprint density at radius 2 is 1.95 bits per heavy atom. The highest BCUT2D eigenvalue weighted by Gasteiger charge is 2.19. The summed E-state index contributed by atoms with van der Waals surface area (Å²) < 4.78 is 40.9. The van der Waals surface area contributed by atoms with Crippen LogP contribution in [0.4, 0.5) is 20.4 Å². The third-order valence-electron chi connectivity index (χ3n) is 6.15. The Hall–Kier alpha value is -3.90. The van der Waals surface area contributed by atoms with Crippen LogP contribution in [0.25, 0.3) is 10.9 Å². The second-order valence-corrected chi connectivity index (χ2v) is 9.11. The highest BCUT2D eigenvalue weighted by atomic mass is 19.1. The van der Waals surface area contributed by atoms with Crippen LogP contribution in [0.15, 0.2) is 40.6 Å². The molecular weight excluding hydrogens is 494 g/mol. The van der Waals surface area contributed by atoms with Gasteiger partial charge in [-0.1, -0.05) is 6.08 Å². The number of fused-ring (bicyclic) bond motifs is 1. The van der Waals surface area contributed by atoms with Crippen molar-refractivity contribution in [3.05, 3.63) is 47.7 Å². The molecule has 38 heavy (non-hydrogen) atoms. The average molecular weight is 525 g/mol. The van der Waals surface area contributed by atoms with Crippen molar-refractivity contribution < 1.29 is 18.3 Å². The fourth-order valence-electron chi connectivity index (χ4n) is 4.34. The van der Waals surface area contributed by atoms with Crippen molar-refractivity contribution in [2.75, 3.05) is 50.0 Å². The average Bonchev–Trinajstić information content (AvgIpc) is 3.52. The number of aromatic amines is 1. The van der Waals surface area contributed by atoms with E-state index in [-0.39, 0.29) is 22.7 Å². The van der Waals surface area contributed by atoms with Crippen molar-refractivity contribution in [3.63, 3.8) is 0 Å². The standard InChI is InChI=1S/C26H30F2N8O2/c1-3-5-17-13-23(35-34-17)31-22-15-21(29-6-4-7-36-8-10-37-11-9-36)32-26(33-22)38-20-14-19(27)25-18(24(20)28)12-16(2)30-25/h3,5,12,14-15,30H,4,6-11,13H2,1-2H3,(H2,29,31,32,33,35)/b5-3+. The smallest absolute Gasteiger partial charge is 0.326 e. The lowest BCUT2D eigenvalue weighted by Crippen LogP contribution is -2.37. The van der Waals surface area contributed by atoms with E-state index < -0.39 is 11.6 Å². The third kappa shape index (κ3) is 6.14. The number of hydrogen-bond donors (Lipinski definition) is 3. The summed E-state index contributed by atoms with van der Waals surface area (Å²) in [6, 6.07) is 4.10. The SMILES string of the molecule is C/C=C/C1=NN=C(Nc2cc(NCCCN3CCOCC3)nc(Oc3cc(F)c4[nH]c(C)cc4c3F)n2)C1. The number of ether oxygens (including phenoxy) is 2. The molecule has 2 aromatic heterocycles. The zero-order chi connectivity index (χ0) is 26.5. The molecule has 0 saturated carbocycles. The molecule has 0 bridgehead atoms. The van der Waals surface area contributed by atoms with E-state index in [0.717, 1.165) is 51.0 Å². The molecule has 3 N–H and O–H groups in total. The maximum atomic E-state index is 15.2. The van der Waals surface area contributed by atoms with E-state index in [0.29, 0.717) is 36.1 Å². The quantitative estimate of drug-likeness (QED) is 0.350. The number of aromatic nitrogens is 3. The molecule has 0 spiro atoms. The first-order valence-electron chi connectivity index (χ1n) is 12.6. The van der Waals surface area contributed by atoms with Gasteiger partial charge in [0.25, 0.3) is 0 Å². The van der Waals surface area contributed by atoms with E-state index in [4.69, 9.17) is 9.47 Å². The minimum atomic E-state index is -0.697. The summed E-state index contributed by atoms with van der Waals surface area (Å²) in [6.45, 7) is 8.57. The van der Waals surface area contributed by atoms with Crippen molar-refractivity contribution in [1.29, 1.82) is 0 Å². The van der Waals surface area contributed by atoms with Crippen molar-refractivity contribution in [3.8, 4) is 11.8 Å². The summed E-state index contributed by atoms with van der Waals surface area (Å²) in [7, 11) is 0. The van der Waals surface area contributed by atoms with Crippen LogP contribution in [0.1, 0.15) is 25.5 Å². The summed E-state index contributed by atoms with van der Waals surface area (Å²) in [5.41, 5.74) is 1.54. The zero-order valence-corrected chi connectivity index (χ0v) is 21.4. The molecule has 12 heteroatoms. The number of H-pyrrole nitrogens is 1. The molecule has 0 atom stereocenters. The van der Waals surface area contributed by atoms with Gasteiger partial charge in [-0.3, -0.25) is 4.90 Å². The lowest BCUT2D eigenvalue weighted by atomic mass is 10.2. The Bertz CT molecular complexity index is 1400. The lowest BCUT2D eigenvalue weighted by Gasteiger charge is -2.26. The summed E-state index contributed by atoms with van der Waals surface area (Å²) in [6.07, 6.45) is 5.17. The molecule has 0 aliphatic carbocycles. The van der Waals surface area contributed by atoms with E-state index in [9.17, 15) is 4.39 Å². The highest BCUT2D eigenvalue weighted by molar-refractivity contribution is 6.15. The number of morpholine rings is 1. The van der Waals surface area contributed by atoms with Gasteiger partial charge in [-0.05, 0) is 39.0 Å². The molecule has 2 aliphatic heterocycles. The fraction of sp³-hybridized carbons (Fsp3) is 0.385. The van der Waals surface area contributed by atoms with Gasteiger partial charge >= 0.3 is 6.01 Å². The molecule has 1 saturated heterocycles. The first kappa shape index (κ1) is 25.7. The van der Waals surface area contributed by atoms with Crippen molar-refractivity contribution in [1.82, 2.24) is 19.9 Å². The molecule has 1 aromatic carbocycles. The highest BCUT2D eigenvalue weighted by Crippen LogP contribution is 2.32. The van der Waals surface area contributed by atoms with Crippen molar-refractivity contribution in [2.24, 2.45) is 10.2 Å². The van der Waals surface area contributed by atoms with Gasteiger partial charge in [0.2, 0.25) is 0 Å². The second kappa shape index (κ2) is 11.7. The second-order valence-electron chi connectivity index (χ2n) is 9.11. The molecule has 1 fully saturated rings. The van der Waals surface area contributed by atoms with E-state index in [1.807, 2.05) is 19.1 Å². The molecule has 5 rings (SSSR count). The molecule has 0 amide bonds. The fourth-order valence-corrected chi connectivity index (χ4v) is 4.34. The third-order valence-corrected chi connectivity index (χ3v) is 6.15. The van der Waals surface area contributed by atoms with E-state index >= 15 is 4.39 Å². The number of anilines is 2. The maximum Gasteiger partial charge on any atom is 0.326 e. The number of nitrogens with zero attached hydrogens (tertiary/aromatic N) is 5. The number of hydrogen-bond acceptors (Lipinski definition) is 9. The molecule has 0 radical (unpaired) electrons. The van der Waals surface area contributed by atoms with Crippen LogP contribution in [0.5, 0.6) is 11.8 Å². The van der Waals surface area contributed by atoms with Gasteiger partial charge in [0.1, 0.15) is 17.5 Å². The summed E-state index contributed by atoms with van der Waals surface area (Å²) in [5.74, 6) is -0.164. The topological polar surface area (TPSA) is 112 Å². The van der Waals surface area contributed by atoms with Crippen LogP contribution in [0.3, 0.4) is 0 Å². The molecular formula is C26H30F2N8O2. The van der Waals surface area contributed by atoms with E-state index in [2.05, 4.69) is 40.7 Å². The van der Waals surface area contributed by atoms with Crippen LogP contribution in [0, 0.1) is 18.6 Å². The Morgan fingerprint density at radius 1 is 1.13 bits per heavy atom. The first-order chi connectivity index (χ1) is 18.5. The van der Waals surface area contributed by atoms with E-state index in [1.54, 1.807) is 13.0 Å².